The molecule has 2 aliphatic heterocycles. The minimum Gasteiger partial charge on any atom is -0.300 e. The highest BCUT2D eigenvalue weighted by Gasteiger charge is 2.50. The molecule has 4 nitrogen and oxygen atoms in total. The average Bonchev–Trinajstić information content (AvgIpc) is 2.96. The molecule has 22 heavy (non-hydrogen) atoms. The molecule has 0 bridgehead atoms. The van der Waals surface area contributed by atoms with Crippen LogP contribution in [0.3, 0.4) is 0 Å². The lowest BCUT2D eigenvalue weighted by Crippen LogP contribution is -2.56. The zero-order valence-corrected chi connectivity index (χ0v) is 13.2. The van der Waals surface area contributed by atoms with E-state index in [4.69, 9.17) is 0 Å². The minimum atomic E-state index is -0.998. The molecule has 0 radical (unpaired) electrons. The highest BCUT2D eigenvalue weighted by Crippen LogP contribution is 2.41. The van der Waals surface area contributed by atoms with Crippen LogP contribution in [0.5, 0.6) is 0 Å². The van der Waals surface area contributed by atoms with Crippen LogP contribution in [0, 0.1) is 5.41 Å². The lowest BCUT2D eigenvalue weighted by Gasteiger charge is -2.41. The molecule has 0 N–H and O–H groups in total. The van der Waals surface area contributed by atoms with E-state index in [0.717, 1.165) is 23.1 Å². The number of fused-ring (bicyclic) bond motifs is 1. The highest BCUT2D eigenvalue weighted by molar-refractivity contribution is 6.08. The van der Waals surface area contributed by atoms with Gasteiger partial charge in [0.25, 0.3) is 0 Å². The normalized spacial score (nSPS) is 20.5. The van der Waals surface area contributed by atoms with Crippen LogP contribution in [0.25, 0.3) is 5.57 Å². The average molecular weight is 296 g/mol. The lowest BCUT2D eigenvalue weighted by molar-refractivity contribution is -0.158. The maximum absolute atomic E-state index is 12.6. The second kappa shape index (κ2) is 4.83. The predicted molar refractivity (Wildman–Crippen MR) is 85.4 cm³/mol. The number of hydrogen-bond acceptors (Lipinski definition) is 2. The van der Waals surface area contributed by atoms with Crippen LogP contribution in [-0.4, -0.2) is 35.2 Å². The Morgan fingerprint density at radius 3 is 2.41 bits per heavy atom. The Hall–Kier alpha value is -2.36. The summed E-state index contributed by atoms with van der Waals surface area (Å²) in [5, 5.41) is 0. The number of carbonyl (C=O) groups is 2. The molecule has 0 unspecified atom stereocenters. The number of nitrogens with zero attached hydrogens (tertiary/aromatic N) is 2. The van der Waals surface area contributed by atoms with Crippen molar-refractivity contribution in [3.8, 4) is 0 Å². The van der Waals surface area contributed by atoms with Gasteiger partial charge in [-0.15, -0.1) is 0 Å². The zero-order chi connectivity index (χ0) is 16.1. The Balaban J connectivity index is 2.07. The maximum atomic E-state index is 12.6. The summed E-state index contributed by atoms with van der Waals surface area (Å²) in [6, 6.07) is 9.87. The van der Waals surface area contributed by atoms with Crippen molar-refractivity contribution in [2.24, 2.45) is 5.41 Å². The Morgan fingerprint density at radius 2 is 1.77 bits per heavy atom. The summed E-state index contributed by atoms with van der Waals surface area (Å²) in [7, 11) is 1.74. The SMILES string of the molecule is C=C(C1=C2N(C)C(=O)C(C)(C)C(=O)N2CC1)c1ccccc1. The van der Waals surface area contributed by atoms with Crippen molar-refractivity contribution in [1.82, 2.24) is 9.80 Å². The van der Waals surface area contributed by atoms with E-state index in [1.807, 2.05) is 30.3 Å². The largest absolute Gasteiger partial charge is 0.300 e. The molecule has 2 heterocycles. The van der Waals surface area contributed by atoms with Crippen molar-refractivity contribution in [3.05, 3.63) is 53.9 Å². The van der Waals surface area contributed by atoms with E-state index in [1.54, 1.807) is 30.7 Å². The summed E-state index contributed by atoms with van der Waals surface area (Å²) >= 11 is 0. The Labute approximate surface area is 130 Å². The molecule has 1 aromatic carbocycles. The van der Waals surface area contributed by atoms with Crippen molar-refractivity contribution < 1.29 is 9.59 Å². The van der Waals surface area contributed by atoms with Crippen LogP contribution in [0.4, 0.5) is 0 Å². The van der Waals surface area contributed by atoms with Crippen LogP contribution in [0.2, 0.25) is 0 Å². The van der Waals surface area contributed by atoms with Gasteiger partial charge in [-0.3, -0.25) is 14.5 Å². The van der Waals surface area contributed by atoms with Gasteiger partial charge in [-0.25, -0.2) is 0 Å². The Bertz CT molecular complexity index is 701. The van der Waals surface area contributed by atoms with E-state index in [1.165, 1.54) is 0 Å². The fourth-order valence-electron chi connectivity index (χ4n) is 3.23. The van der Waals surface area contributed by atoms with Gasteiger partial charge in [0.15, 0.2) is 0 Å². The third kappa shape index (κ3) is 1.90. The van der Waals surface area contributed by atoms with Gasteiger partial charge in [0.05, 0.1) is 0 Å². The predicted octanol–water partition coefficient (Wildman–Crippen LogP) is 2.64. The molecule has 2 aliphatic rings. The van der Waals surface area contributed by atoms with E-state index >= 15 is 0 Å². The quantitative estimate of drug-likeness (QED) is 0.787. The molecule has 0 aromatic heterocycles. The van der Waals surface area contributed by atoms with Gasteiger partial charge in [0.1, 0.15) is 11.2 Å². The molecule has 0 spiro atoms. The first-order valence-electron chi connectivity index (χ1n) is 7.43. The summed E-state index contributed by atoms with van der Waals surface area (Å²) in [4.78, 5) is 28.5. The van der Waals surface area contributed by atoms with Crippen LogP contribution in [0.15, 0.2) is 48.3 Å². The summed E-state index contributed by atoms with van der Waals surface area (Å²) in [5.74, 6) is 0.411. The third-order valence-corrected chi connectivity index (χ3v) is 4.53. The third-order valence-electron chi connectivity index (χ3n) is 4.53. The summed E-state index contributed by atoms with van der Waals surface area (Å²) in [6.45, 7) is 8.17. The number of allylic oxidation sites excluding steroid dienone is 1. The first-order valence-corrected chi connectivity index (χ1v) is 7.43. The molecule has 114 valence electrons. The molecular formula is C18H20N2O2. The fraction of sp³-hybridized carbons (Fsp3) is 0.333. The van der Waals surface area contributed by atoms with Gasteiger partial charge in [-0.2, -0.15) is 0 Å². The van der Waals surface area contributed by atoms with Crippen LogP contribution >= 0.6 is 0 Å². The molecule has 2 amide bonds. The molecule has 0 aliphatic carbocycles. The second-order valence-electron chi connectivity index (χ2n) is 6.34. The van der Waals surface area contributed by atoms with Gasteiger partial charge in [-0.1, -0.05) is 36.9 Å². The van der Waals surface area contributed by atoms with Gasteiger partial charge in [0, 0.05) is 19.2 Å². The van der Waals surface area contributed by atoms with Gasteiger partial charge in [0.2, 0.25) is 11.8 Å². The van der Waals surface area contributed by atoms with E-state index in [9.17, 15) is 9.59 Å². The van der Waals surface area contributed by atoms with Gasteiger partial charge >= 0.3 is 0 Å². The van der Waals surface area contributed by atoms with Gasteiger partial charge in [-0.05, 0) is 31.4 Å². The summed E-state index contributed by atoms with van der Waals surface area (Å²) < 4.78 is 0. The van der Waals surface area contributed by atoms with Crippen molar-refractivity contribution >= 4 is 17.4 Å². The van der Waals surface area contributed by atoms with E-state index in [2.05, 4.69) is 6.58 Å². The standard InChI is InChI=1S/C18H20N2O2/c1-12(13-8-6-5-7-9-13)14-10-11-20-15(14)19(4)16(21)18(2,3)17(20)22/h5-9H,1,10-11H2,2-4H3. The molecular weight excluding hydrogens is 276 g/mol. The fourth-order valence-corrected chi connectivity index (χ4v) is 3.23. The number of hydrogen-bond donors (Lipinski definition) is 0. The molecule has 1 aromatic rings. The molecule has 0 atom stereocenters. The zero-order valence-electron chi connectivity index (χ0n) is 13.2. The monoisotopic (exact) mass is 296 g/mol. The number of rotatable bonds is 2. The highest BCUT2D eigenvalue weighted by atomic mass is 16.2. The first kappa shape index (κ1) is 14.6. The Morgan fingerprint density at radius 1 is 1.14 bits per heavy atom. The van der Waals surface area contributed by atoms with Crippen LogP contribution in [-0.2, 0) is 9.59 Å². The van der Waals surface area contributed by atoms with Crippen molar-refractivity contribution in [2.75, 3.05) is 13.6 Å². The van der Waals surface area contributed by atoms with Crippen LogP contribution < -0.4 is 0 Å². The second-order valence-corrected chi connectivity index (χ2v) is 6.34. The minimum absolute atomic E-state index is 0.124. The van der Waals surface area contributed by atoms with Crippen LogP contribution in [0.1, 0.15) is 25.8 Å². The van der Waals surface area contributed by atoms with Gasteiger partial charge < -0.3 is 4.90 Å². The van der Waals surface area contributed by atoms with E-state index < -0.39 is 5.41 Å². The Kier molecular flexibility index (Phi) is 3.20. The van der Waals surface area contributed by atoms with E-state index in [0.29, 0.717) is 12.4 Å². The topological polar surface area (TPSA) is 40.6 Å². The summed E-state index contributed by atoms with van der Waals surface area (Å²) in [5.41, 5.74) is 1.88. The van der Waals surface area contributed by atoms with Crippen molar-refractivity contribution in [2.45, 2.75) is 20.3 Å². The number of carbonyl (C=O) groups excluding carboxylic acids is 2. The molecule has 1 fully saturated rings. The molecule has 1 saturated heterocycles. The summed E-state index contributed by atoms with van der Waals surface area (Å²) in [6.07, 6.45) is 0.725. The lowest BCUT2D eigenvalue weighted by atomic mass is 9.87. The first-order chi connectivity index (χ1) is 10.4. The van der Waals surface area contributed by atoms with Crippen molar-refractivity contribution in [1.29, 1.82) is 0 Å². The smallest absolute Gasteiger partial charge is 0.243 e. The van der Waals surface area contributed by atoms with Crippen molar-refractivity contribution in [3.63, 3.8) is 0 Å². The maximum Gasteiger partial charge on any atom is 0.243 e. The molecule has 3 rings (SSSR count). The molecule has 0 saturated carbocycles. The number of benzene rings is 1. The number of amides is 2. The molecule has 4 heteroatoms. The van der Waals surface area contributed by atoms with E-state index in [-0.39, 0.29) is 11.8 Å².